The second-order valence-corrected chi connectivity index (χ2v) is 6.41. The van der Waals surface area contributed by atoms with Gasteiger partial charge in [-0.1, -0.05) is 12.8 Å². The molecule has 2 aliphatic rings. The number of halogens is 3. The summed E-state index contributed by atoms with van der Waals surface area (Å²) in [5.41, 5.74) is 0.618. The summed E-state index contributed by atoms with van der Waals surface area (Å²) in [5.74, 6) is -1.03. The first-order valence-electron chi connectivity index (χ1n) is 6.74. The van der Waals surface area contributed by atoms with E-state index in [4.69, 9.17) is 0 Å². The Balaban J connectivity index is 1.90. The zero-order chi connectivity index (χ0) is 13.5. The molecule has 1 spiro atoms. The predicted octanol–water partition coefficient (Wildman–Crippen LogP) is 3.45. The fourth-order valence-corrected chi connectivity index (χ4v) is 4.03. The van der Waals surface area contributed by atoms with Crippen LogP contribution in [0.3, 0.4) is 0 Å². The van der Waals surface area contributed by atoms with Crippen molar-refractivity contribution in [2.24, 2.45) is 0 Å². The van der Waals surface area contributed by atoms with Crippen LogP contribution >= 0.6 is 15.9 Å². The smallest absolute Gasteiger partial charge is 0.150 e. The molecular formula is C14H17BrF2N2. The number of hydrogen-bond acceptors (Lipinski definition) is 2. The Morgan fingerprint density at radius 3 is 2.63 bits per heavy atom. The molecular weight excluding hydrogens is 314 g/mol. The van der Waals surface area contributed by atoms with E-state index in [1.165, 1.54) is 18.9 Å². The number of nitrogens with zero attached hydrogens (tertiary/aromatic N) is 1. The Bertz CT molecular complexity index is 463. The molecule has 19 heavy (non-hydrogen) atoms. The van der Waals surface area contributed by atoms with Crippen LogP contribution in [0, 0.1) is 11.6 Å². The summed E-state index contributed by atoms with van der Waals surface area (Å²) in [6.07, 6.45) is 4.75. The van der Waals surface area contributed by atoms with Gasteiger partial charge >= 0.3 is 0 Å². The van der Waals surface area contributed by atoms with Crippen LogP contribution in [0.1, 0.15) is 25.7 Å². The van der Waals surface area contributed by atoms with E-state index in [2.05, 4.69) is 21.2 Å². The molecule has 2 nitrogen and oxygen atoms in total. The zero-order valence-corrected chi connectivity index (χ0v) is 12.3. The van der Waals surface area contributed by atoms with Crippen molar-refractivity contribution in [2.75, 3.05) is 24.5 Å². The van der Waals surface area contributed by atoms with Gasteiger partial charge in [0.05, 0.1) is 5.69 Å². The van der Waals surface area contributed by atoms with Crippen molar-refractivity contribution >= 4 is 21.6 Å². The van der Waals surface area contributed by atoms with Crippen molar-refractivity contribution in [1.82, 2.24) is 5.32 Å². The van der Waals surface area contributed by atoms with E-state index in [0.29, 0.717) is 10.2 Å². The Morgan fingerprint density at radius 2 is 1.95 bits per heavy atom. The van der Waals surface area contributed by atoms with Crippen LogP contribution in [0.4, 0.5) is 14.5 Å². The Hall–Kier alpha value is -0.680. The number of nitrogens with one attached hydrogen (secondary N) is 1. The van der Waals surface area contributed by atoms with Gasteiger partial charge in [0.15, 0.2) is 5.82 Å². The highest BCUT2D eigenvalue weighted by Gasteiger charge is 2.38. The fraction of sp³-hybridized carbons (Fsp3) is 0.571. The summed E-state index contributed by atoms with van der Waals surface area (Å²) in [5, 5.41) is 3.59. The first-order valence-corrected chi connectivity index (χ1v) is 7.53. The molecule has 1 N–H and O–H groups in total. The summed E-state index contributed by atoms with van der Waals surface area (Å²) in [6, 6.07) is 2.30. The third-order valence-electron chi connectivity index (χ3n) is 4.23. The molecule has 1 aromatic carbocycles. The van der Waals surface area contributed by atoms with Gasteiger partial charge in [-0.05, 0) is 34.8 Å². The molecule has 1 aliphatic heterocycles. The lowest BCUT2D eigenvalue weighted by atomic mass is 9.94. The number of piperazine rings is 1. The summed E-state index contributed by atoms with van der Waals surface area (Å²) < 4.78 is 27.7. The summed E-state index contributed by atoms with van der Waals surface area (Å²) in [7, 11) is 0. The molecule has 2 fully saturated rings. The topological polar surface area (TPSA) is 15.3 Å². The molecule has 1 heterocycles. The maximum Gasteiger partial charge on any atom is 0.150 e. The SMILES string of the molecule is Fc1cc(F)c(N2CCNC3(CCCC3)C2)c(Br)c1. The molecule has 104 valence electrons. The van der Waals surface area contributed by atoms with Crippen LogP contribution < -0.4 is 10.2 Å². The van der Waals surface area contributed by atoms with Crippen LogP contribution in [0.2, 0.25) is 0 Å². The largest absolute Gasteiger partial charge is 0.365 e. The normalized spacial score (nSPS) is 22.2. The average Bonchev–Trinajstić information content (AvgIpc) is 2.76. The summed E-state index contributed by atoms with van der Waals surface area (Å²) in [6.45, 7) is 2.40. The van der Waals surface area contributed by atoms with E-state index in [0.717, 1.165) is 38.5 Å². The molecule has 0 radical (unpaired) electrons. The average molecular weight is 331 g/mol. The van der Waals surface area contributed by atoms with Crippen molar-refractivity contribution in [1.29, 1.82) is 0 Å². The summed E-state index contributed by atoms with van der Waals surface area (Å²) in [4.78, 5) is 2.04. The van der Waals surface area contributed by atoms with E-state index in [1.807, 2.05) is 4.90 Å². The molecule has 0 atom stereocenters. The molecule has 1 saturated heterocycles. The second-order valence-electron chi connectivity index (χ2n) is 5.55. The lowest BCUT2D eigenvalue weighted by molar-refractivity contribution is 0.302. The van der Waals surface area contributed by atoms with Crippen LogP contribution in [0.5, 0.6) is 0 Å². The van der Waals surface area contributed by atoms with E-state index >= 15 is 0 Å². The highest BCUT2D eigenvalue weighted by atomic mass is 79.9. The molecule has 5 heteroatoms. The van der Waals surface area contributed by atoms with E-state index < -0.39 is 11.6 Å². The highest BCUT2D eigenvalue weighted by molar-refractivity contribution is 9.10. The Morgan fingerprint density at radius 1 is 1.21 bits per heavy atom. The molecule has 0 amide bonds. The molecule has 1 saturated carbocycles. The number of rotatable bonds is 1. The zero-order valence-electron chi connectivity index (χ0n) is 10.7. The van der Waals surface area contributed by atoms with Crippen molar-refractivity contribution in [3.05, 3.63) is 28.2 Å². The third-order valence-corrected chi connectivity index (χ3v) is 4.84. The predicted molar refractivity (Wildman–Crippen MR) is 75.5 cm³/mol. The van der Waals surface area contributed by atoms with Crippen molar-refractivity contribution < 1.29 is 8.78 Å². The lowest BCUT2D eigenvalue weighted by Gasteiger charge is -2.43. The van der Waals surface area contributed by atoms with E-state index in [9.17, 15) is 8.78 Å². The van der Waals surface area contributed by atoms with Crippen LogP contribution in [-0.2, 0) is 0 Å². The molecule has 0 unspecified atom stereocenters. The molecule has 1 aromatic rings. The molecule has 0 bridgehead atoms. The van der Waals surface area contributed by atoms with Gasteiger partial charge in [-0.2, -0.15) is 0 Å². The van der Waals surface area contributed by atoms with Gasteiger partial charge in [0.2, 0.25) is 0 Å². The minimum Gasteiger partial charge on any atom is -0.365 e. The van der Waals surface area contributed by atoms with Crippen molar-refractivity contribution in [3.8, 4) is 0 Å². The molecule has 0 aromatic heterocycles. The Kier molecular flexibility index (Phi) is 3.52. The fourth-order valence-electron chi connectivity index (χ4n) is 3.37. The third kappa shape index (κ3) is 2.50. The van der Waals surface area contributed by atoms with E-state index in [-0.39, 0.29) is 5.54 Å². The van der Waals surface area contributed by atoms with Gasteiger partial charge in [-0.15, -0.1) is 0 Å². The van der Waals surface area contributed by atoms with Crippen molar-refractivity contribution in [2.45, 2.75) is 31.2 Å². The van der Waals surface area contributed by atoms with Gasteiger partial charge in [0.25, 0.3) is 0 Å². The summed E-state index contributed by atoms with van der Waals surface area (Å²) >= 11 is 3.29. The quantitative estimate of drug-likeness (QED) is 0.848. The minimum absolute atomic E-state index is 0.124. The van der Waals surface area contributed by atoms with Crippen LogP contribution in [0.15, 0.2) is 16.6 Å². The second kappa shape index (κ2) is 5.02. The van der Waals surface area contributed by atoms with Gasteiger partial charge in [0, 0.05) is 35.7 Å². The highest BCUT2D eigenvalue weighted by Crippen LogP contribution is 2.37. The van der Waals surface area contributed by atoms with Gasteiger partial charge in [0.1, 0.15) is 5.82 Å². The monoisotopic (exact) mass is 330 g/mol. The standard InChI is InChI=1S/C14H17BrF2N2/c15-11-7-10(16)8-12(17)13(11)19-6-5-18-14(9-19)3-1-2-4-14/h7-8,18H,1-6,9H2. The lowest BCUT2D eigenvalue weighted by Crippen LogP contribution is -2.59. The van der Waals surface area contributed by atoms with Gasteiger partial charge in [-0.3, -0.25) is 0 Å². The number of benzene rings is 1. The minimum atomic E-state index is -0.543. The number of anilines is 1. The van der Waals surface area contributed by atoms with Crippen molar-refractivity contribution in [3.63, 3.8) is 0 Å². The molecule has 1 aliphatic carbocycles. The van der Waals surface area contributed by atoms with E-state index in [1.54, 1.807) is 0 Å². The van der Waals surface area contributed by atoms with Crippen LogP contribution in [0.25, 0.3) is 0 Å². The Labute approximate surface area is 120 Å². The van der Waals surface area contributed by atoms with Gasteiger partial charge < -0.3 is 10.2 Å². The van der Waals surface area contributed by atoms with Crippen LogP contribution in [-0.4, -0.2) is 25.2 Å². The molecule has 3 rings (SSSR count). The maximum absolute atomic E-state index is 14.0. The van der Waals surface area contributed by atoms with Gasteiger partial charge in [-0.25, -0.2) is 8.78 Å². The maximum atomic E-state index is 14.0. The first-order chi connectivity index (χ1) is 9.10. The number of hydrogen-bond donors (Lipinski definition) is 1. The first kappa shape index (κ1) is 13.3.